The lowest BCUT2D eigenvalue weighted by Gasteiger charge is -2.06. The molecule has 0 aliphatic carbocycles. The SMILES string of the molecule is CCCCCn1nnc(CO)c1CCCC. The third-order valence-corrected chi connectivity index (χ3v) is 2.81. The second-order valence-electron chi connectivity index (χ2n) is 4.17. The van der Waals surface area contributed by atoms with Crippen molar-refractivity contribution in [1.82, 2.24) is 15.0 Å². The van der Waals surface area contributed by atoms with Crippen LogP contribution >= 0.6 is 0 Å². The lowest BCUT2D eigenvalue weighted by atomic mass is 10.1. The third-order valence-electron chi connectivity index (χ3n) is 2.81. The molecule has 4 heteroatoms. The van der Waals surface area contributed by atoms with E-state index in [4.69, 9.17) is 0 Å². The lowest BCUT2D eigenvalue weighted by Crippen LogP contribution is -2.06. The van der Waals surface area contributed by atoms with E-state index in [2.05, 4.69) is 24.2 Å². The van der Waals surface area contributed by atoms with Crippen molar-refractivity contribution in [2.45, 2.75) is 65.5 Å². The number of hydrogen-bond donors (Lipinski definition) is 1. The molecule has 0 radical (unpaired) electrons. The Balaban J connectivity index is 2.62. The predicted octanol–water partition coefficient (Wildman–Crippen LogP) is 2.30. The van der Waals surface area contributed by atoms with E-state index in [1.807, 2.05) is 4.68 Å². The molecular formula is C12H23N3O. The summed E-state index contributed by atoms with van der Waals surface area (Å²) in [5.74, 6) is 0. The highest BCUT2D eigenvalue weighted by Gasteiger charge is 2.10. The minimum absolute atomic E-state index is 0.00677. The zero-order valence-electron chi connectivity index (χ0n) is 10.4. The number of nitrogens with zero attached hydrogens (tertiary/aromatic N) is 3. The van der Waals surface area contributed by atoms with Crippen molar-refractivity contribution in [3.05, 3.63) is 11.4 Å². The van der Waals surface area contributed by atoms with Gasteiger partial charge in [-0.15, -0.1) is 5.10 Å². The van der Waals surface area contributed by atoms with Gasteiger partial charge in [0, 0.05) is 6.54 Å². The lowest BCUT2D eigenvalue weighted by molar-refractivity contribution is 0.275. The van der Waals surface area contributed by atoms with E-state index in [0.29, 0.717) is 0 Å². The van der Waals surface area contributed by atoms with E-state index in [0.717, 1.165) is 43.6 Å². The molecule has 16 heavy (non-hydrogen) atoms. The number of aryl methyl sites for hydroxylation is 1. The first-order valence-electron chi connectivity index (χ1n) is 6.35. The number of unbranched alkanes of at least 4 members (excludes halogenated alkanes) is 3. The van der Waals surface area contributed by atoms with E-state index in [1.165, 1.54) is 12.8 Å². The molecule has 0 aliphatic heterocycles. The Bertz CT molecular complexity index is 296. The van der Waals surface area contributed by atoms with Gasteiger partial charge in [0.1, 0.15) is 5.69 Å². The van der Waals surface area contributed by atoms with Crippen LogP contribution in [0.1, 0.15) is 57.3 Å². The van der Waals surface area contributed by atoms with Gasteiger partial charge in [-0.05, 0) is 19.3 Å². The van der Waals surface area contributed by atoms with Crippen LogP contribution in [0.2, 0.25) is 0 Å². The van der Waals surface area contributed by atoms with Crippen LogP contribution in [0.5, 0.6) is 0 Å². The number of aliphatic hydroxyl groups excluding tert-OH is 1. The highest BCUT2D eigenvalue weighted by Crippen LogP contribution is 2.11. The fourth-order valence-electron chi connectivity index (χ4n) is 1.80. The molecule has 0 spiro atoms. The van der Waals surface area contributed by atoms with Gasteiger partial charge in [0.15, 0.2) is 0 Å². The summed E-state index contributed by atoms with van der Waals surface area (Å²) in [7, 11) is 0. The molecule has 0 aromatic carbocycles. The summed E-state index contributed by atoms with van der Waals surface area (Å²) in [6.45, 7) is 5.30. The van der Waals surface area contributed by atoms with Gasteiger partial charge >= 0.3 is 0 Å². The summed E-state index contributed by atoms with van der Waals surface area (Å²) in [6, 6.07) is 0. The second-order valence-corrected chi connectivity index (χ2v) is 4.17. The maximum absolute atomic E-state index is 9.19. The maximum atomic E-state index is 9.19. The second kappa shape index (κ2) is 7.39. The van der Waals surface area contributed by atoms with E-state index < -0.39 is 0 Å². The first kappa shape index (κ1) is 13.2. The molecule has 4 nitrogen and oxygen atoms in total. The molecule has 1 heterocycles. The van der Waals surface area contributed by atoms with Crippen LogP contribution < -0.4 is 0 Å². The normalized spacial score (nSPS) is 10.9. The Morgan fingerprint density at radius 1 is 1.12 bits per heavy atom. The Morgan fingerprint density at radius 2 is 1.88 bits per heavy atom. The van der Waals surface area contributed by atoms with Crippen molar-refractivity contribution >= 4 is 0 Å². The van der Waals surface area contributed by atoms with Crippen LogP contribution in [0.25, 0.3) is 0 Å². The van der Waals surface area contributed by atoms with E-state index in [9.17, 15) is 5.11 Å². The first-order chi connectivity index (χ1) is 7.83. The van der Waals surface area contributed by atoms with Gasteiger partial charge in [0.25, 0.3) is 0 Å². The van der Waals surface area contributed by atoms with E-state index in [1.54, 1.807) is 0 Å². The average molecular weight is 225 g/mol. The molecule has 1 aromatic heterocycles. The fourth-order valence-corrected chi connectivity index (χ4v) is 1.80. The molecule has 0 aliphatic rings. The van der Waals surface area contributed by atoms with Gasteiger partial charge in [-0.2, -0.15) is 0 Å². The van der Waals surface area contributed by atoms with Crippen molar-refractivity contribution in [3.63, 3.8) is 0 Å². The van der Waals surface area contributed by atoms with Crippen LogP contribution in [0.15, 0.2) is 0 Å². The Kier molecular flexibility index (Phi) is 6.08. The monoisotopic (exact) mass is 225 g/mol. The summed E-state index contributed by atoms with van der Waals surface area (Å²) in [4.78, 5) is 0. The minimum atomic E-state index is 0.00677. The number of rotatable bonds is 8. The van der Waals surface area contributed by atoms with Gasteiger partial charge in [-0.3, -0.25) is 0 Å². The molecule has 0 unspecified atom stereocenters. The third kappa shape index (κ3) is 3.59. The quantitative estimate of drug-likeness (QED) is 0.691. The molecule has 1 rings (SSSR count). The zero-order chi connectivity index (χ0) is 11.8. The summed E-state index contributed by atoms with van der Waals surface area (Å²) in [5.41, 5.74) is 1.88. The Hall–Kier alpha value is -0.900. The van der Waals surface area contributed by atoms with E-state index in [-0.39, 0.29) is 6.61 Å². The minimum Gasteiger partial charge on any atom is -0.390 e. The molecule has 0 saturated heterocycles. The standard InChI is InChI=1S/C12H23N3O/c1-3-5-7-9-15-12(8-6-4-2)11(10-16)13-14-15/h16H,3-10H2,1-2H3. The molecule has 1 aromatic rings. The van der Waals surface area contributed by atoms with Gasteiger partial charge < -0.3 is 5.11 Å². The maximum Gasteiger partial charge on any atom is 0.111 e. The van der Waals surface area contributed by atoms with Crippen molar-refractivity contribution < 1.29 is 5.11 Å². The molecule has 0 atom stereocenters. The van der Waals surface area contributed by atoms with E-state index >= 15 is 0 Å². The molecule has 0 saturated carbocycles. The van der Waals surface area contributed by atoms with Crippen LogP contribution in [0.3, 0.4) is 0 Å². The number of hydrogen-bond acceptors (Lipinski definition) is 3. The van der Waals surface area contributed by atoms with Crippen molar-refractivity contribution in [2.75, 3.05) is 0 Å². The largest absolute Gasteiger partial charge is 0.390 e. The average Bonchev–Trinajstić information content (AvgIpc) is 2.69. The number of aliphatic hydroxyl groups is 1. The van der Waals surface area contributed by atoms with Crippen LogP contribution in [-0.2, 0) is 19.6 Å². The van der Waals surface area contributed by atoms with Crippen molar-refractivity contribution in [2.24, 2.45) is 0 Å². The summed E-state index contributed by atoms with van der Waals surface area (Å²) in [6.07, 6.45) is 6.85. The summed E-state index contributed by atoms with van der Waals surface area (Å²) < 4.78 is 1.97. The van der Waals surface area contributed by atoms with Crippen LogP contribution in [0.4, 0.5) is 0 Å². The highest BCUT2D eigenvalue weighted by molar-refractivity contribution is 5.09. The predicted molar refractivity (Wildman–Crippen MR) is 64.1 cm³/mol. The zero-order valence-corrected chi connectivity index (χ0v) is 10.4. The molecule has 0 bridgehead atoms. The molecular weight excluding hydrogens is 202 g/mol. The van der Waals surface area contributed by atoms with Gasteiger partial charge in [0.05, 0.1) is 12.3 Å². The number of aromatic nitrogens is 3. The van der Waals surface area contributed by atoms with Crippen molar-refractivity contribution in [1.29, 1.82) is 0 Å². The van der Waals surface area contributed by atoms with Gasteiger partial charge in [-0.25, -0.2) is 4.68 Å². The van der Waals surface area contributed by atoms with Crippen molar-refractivity contribution in [3.8, 4) is 0 Å². The smallest absolute Gasteiger partial charge is 0.111 e. The van der Waals surface area contributed by atoms with Gasteiger partial charge in [0.2, 0.25) is 0 Å². The van der Waals surface area contributed by atoms with Crippen LogP contribution in [0, 0.1) is 0 Å². The summed E-state index contributed by atoms with van der Waals surface area (Å²) in [5, 5.41) is 17.3. The summed E-state index contributed by atoms with van der Waals surface area (Å²) >= 11 is 0. The topological polar surface area (TPSA) is 50.9 Å². The molecule has 0 amide bonds. The molecule has 92 valence electrons. The fraction of sp³-hybridized carbons (Fsp3) is 0.833. The molecule has 0 fully saturated rings. The Labute approximate surface area is 97.7 Å². The van der Waals surface area contributed by atoms with Crippen LogP contribution in [-0.4, -0.2) is 20.1 Å². The molecule has 1 N–H and O–H groups in total. The van der Waals surface area contributed by atoms with Gasteiger partial charge in [-0.1, -0.05) is 38.3 Å². The highest BCUT2D eigenvalue weighted by atomic mass is 16.3. The Morgan fingerprint density at radius 3 is 2.50 bits per heavy atom. The first-order valence-corrected chi connectivity index (χ1v) is 6.35.